The first kappa shape index (κ1) is 11.7. The molecule has 98 valence electrons. The van der Waals surface area contributed by atoms with Crippen molar-refractivity contribution in [1.82, 2.24) is 24.3 Å². The van der Waals surface area contributed by atoms with E-state index < -0.39 is 0 Å². The fraction of sp³-hybridized carbons (Fsp3) is 0.308. The van der Waals surface area contributed by atoms with Crippen LogP contribution in [-0.4, -0.2) is 24.3 Å². The SMILES string of the molecule is Cc1cnn(CCn2c(N)nc3c(C)ccnc32)c1. The van der Waals surface area contributed by atoms with E-state index in [2.05, 4.69) is 15.1 Å². The lowest BCUT2D eigenvalue weighted by molar-refractivity contribution is 0.543. The standard InChI is InChI=1S/C13H16N6/c1-9-7-16-18(8-9)5-6-19-12-11(17-13(19)14)10(2)3-4-15-12/h3-4,7-8H,5-6H2,1-2H3,(H2,14,17). The first-order valence-electron chi connectivity index (χ1n) is 6.21. The van der Waals surface area contributed by atoms with Gasteiger partial charge in [0.15, 0.2) is 5.65 Å². The molecule has 0 aliphatic heterocycles. The van der Waals surface area contributed by atoms with Crippen LogP contribution < -0.4 is 5.73 Å². The molecule has 19 heavy (non-hydrogen) atoms. The maximum Gasteiger partial charge on any atom is 0.202 e. The van der Waals surface area contributed by atoms with Crippen molar-refractivity contribution in [3.63, 3.8) is 0 Å². The second-order valence-electron chi connectivity index (χ2n) is 4.70. The van der Waals surface area contributed by atoms with Crippen molar-refractivity contribution in [3.05, 3.63) is 35.8 Å². The molecule has 0 amide bonds. The highest BCUT2D eigenvalue weighted by Gasteiger charge is 2.10. The van der Waals surface area contributed by atoms with Gasteiger partial charge < -0.3 is 5.73 Å². The first-order valence-corrected chi connectivity index (χ1v) is 6.21. The second kappa shape index (κ2) is 4.38. The molecule has 6 heteroatoms. The number of nitrogens with two attached hydrogens (primary N) is 1. The zero-order chi connectivity index (χ0) is 13.4. The van der Waals surface area contributed by atoms with Gasteiger partial charge in [-0.15, -0.1) is 0 Å². The number of imidazole rings is 1. The summed E-state index contributed by atoms with van der Waals surface area (Å²) in [5.41, 5.74) is 9.92. The van der Waals surface area contributed by atoms with E-state index >= 15 is 0 Å². The summed E-state index contributed by atoms with van der Waals surface area (Å²) in [4.78, 5) is 8.75. The summed E-state index contributed by atoms with van der Waals surface area (Å²) in [6, 6.07) is 1.94. The zero-order valence-electron chi connectivity index (χ0n) is 11.0. The van der Waals surface area contributed by atoms with Crippen molar-refractivity contribution in [3.8, 4) is 0 Å². The molecule has 0 fully saturated rings. The third-order valence-corrected chi connectivity index (χ3v) is 3.18. The lowest BCUT2D eigenvalue weighted by Gasteiger charge is -2.06. The van der Waals surface area contributed by atoms with Gasteiger partial charge in [0, 0.05) is 18.9 Å². The molecule has 0 saturated carbocycles. The minimum absolute atomic E-state index is 0.501. The van der Waals surface area contributed by atoms with Crippen LogP contribution in [0.4, 0.5) is 5.95 Å². The number of anilines is 1. The van der Waals surface area contributed by atoms with Gasteiger partial charge in [0.2, 0.25) is 5.95 Å². The summed E-state index contributed by atoms with van der Waals surface area (Å²) in [6.07, 6.45) is 5.64. The van der Waals surface area contributed by atoms with Crippen LogP contribution in [0.3, 0.4) is 0 Å². The van der Waals surface area contributed by atoms with Crippen LogP contribution in [0.1, 0.15) is 11.1 Å². The fourth-order valence-electron chi connectivity index (χ4n) is 2.17. The van der Waals surface area contributed by atoms with E-state index in [0.29, 0.717) is 12.5 Å². The van der Waals surface area contributed by atoms with Crippen molar-refractivity contribution >= 4 is 17.1 Å². The van der Waals surface area contributed by atoms with Crippen molar-refractivity contribution in [2.24, 2.45) is 0 Å². The van der Waals surface area contributed by atoms with E-state index in [1.165, 1.54) is 0 Å². The van der Waals surface area contributed by atoms with Crippen LogP contribution in [0.5, 0.6) is 0 Å². The Bertz CT molecular complexity index is 724. The molecule has 3 rings (SSSR count). The van der Waals surface area contributed by atoms with Gasteiger partial charge in [0.05, 0.1) is 12.7 Å². The molecule has 0 aliphatic rings. The Morgan fingerprint density at radius 1 is 1.26 bits per heavy atom. The average molecular weight is 256 g/mol. The molecular formula is C13H16N6. The molecule has 0 radical (unpaired) electrons. The van der Waals surface area contributed by atoms with Crippen molar-refractivity contribution in [1.29, 1.82) is 0 Å². The number of pyridine rings is 1. The van der Waals surface area contributed by atoms with Gasteiger partial charge in [0.1, 0.15) is 5.52 Å². The highest BCUT2D eigenvalue weighted by molar-refractivity contribution is 5.77. The topological polar surface area (TPSA) is 74.5 Å². The van der Waals surface area contributed by atoms with E-state index in [0.717, 1.165) is 28.8 Å². The maximum atomic E-state index is 5.97. The van der Waals surface area contributed by atoms with Crippen molar-refractivity contribution in [2.45, 2.75) is 26.9 Å². The van der Waals surface area contributed by atoms with Gasteiger partial charge in [-0.25, -0.2) is 9.97 Å². The first-order chi connectivity index (χ1) is 9.15. The molecule has 3 aromatic rings. The zero-order valence-corrected chi connectivity index (χ0v) is 11.0. The monoisotopic (exact) mass is 256 g/mol. The summed E-state index contributed by atoms with van der Waals surface area (Å²) in [6.45, 7) is 5.49. The smallest absolute Gasteiger partial charge is 0.202 e. The molecule has 0 bridgehead atoms. The molecule has 0 aromatic carbocycles. The molecule has 0 spiro atoms. The Morgan fingerprint density at radius 3 is 2.84 bits per heavy atom. The van der Waals surface area contributed by atoms with Gasteiger partial charge in [-0.1, -0.05) is 0 Å². The van der Waals surface area contributed by atoms with E-state index in [1.54, 1.807) is 6.20 Å². The quantitative estimate of drug-likeness (QED) is 0.771. The van der Waals surface area contributed by atoms with Gasteiger partial charge in [-0.05, 0) is 31.0 Å². The predicted octanol–water partition coefficient (Wildman–Crippen LogP) is 1.53. The molecule has 2 N–H and O–H groups in total. The van der Waals surface area contributed by atoms with E-state index in [1.807, 2.05) is 41.6 Å². The van der Waals surface area contributed by atoms with Crippen LogP contribution in [0.2, 0.25) is 0 Å². The summed E-state index contributed by atoms with van der Waals surface area (Å²) >= 11 is 0. The minimum Gasteiger partial charge on any atom is -0.369 e. The Morgan fingerprint density at radius 2 is 2.11 bits per heavy atom. The third kappa shape index (κ3) is 2.05. The number of nitrogens with zero attached hydrogens (tertiary/aromatic N) is 5. The highest BCUT2D eigenvalue weighted by Crippen LogP contribution is 2.18. The Hall–Kier alpha value is -2.37. The largest absolute Gasteiger partial charge is 0.369 e. The van der Waals surface area contributed by atoms with E-state index in [4.69, 9.17) is 5.73 Å². The van der Waals surface area contributed by atoms with Crippen LogP contribution in [0.25, 0.3) is 11.2 Å². The lowest BCUT2D eigenvalue weighted by atomic mass is 10.3. The number of fused-ring (bicyclic) bond motifs is 1. The molecule has 6 nitrogen and oxygen atoms in total. The third-order valence-electron chi connectivity index (χ3n) is 3.18. The van der Waals surface area contributed by atoms with E-state index in [-0.39, 0.29) is 0 Å². The van der Waals surface area contributed by atoms with Gasteiger partial charge in [-0.2, -0.15) is 5.10 Å². The van der Waals surface area contributed by atoms with Crippen LogP contribution in [0.15, 0.2) is 24.7 Å². The molecule has 3 heterocycles. The van der Waals surface area contributed by atoms with Gasteiger partial charge in [0.25, 0.3) is 0 Å². The normalized spacial score (nSPS) is 11.3. The Balaban J connectivity index is 1.92. The molecule has 0 atom stereocenters. The minimum atomic E-state index is 0.501. The predicted molar refractivity (Wildman–Crippen MR) is 73.6 cm³/mol. The maximum absolute atomic E-state index is 5.97. The second-order valence-corrected chi connectivity index (χ2v) is 4.70. The number of hydrogen-bond donors (Lipinski definition) is 1. The number of rotatable bonds is 3. The highest BCUT2D eigenvalue weighted by atomic mass is 15.3. The lowest BCUT2D eigenvalue weighted by Crippen LogP contribution is -2.10. The molecular weight excluding hydrogens is 240 g/mol. The fourth-order valence-corrected chi connectivity index (χ4v) is 2.17. The molecule has 0 aliphatic carbocycles. The molecule has 0 unspecified atom stereocenters. The summed E-state index contributed by atoms with van der Waals surface area (Å²) in [7, 11) is 0. The Kier molecular flexibility index (Phi) is 2.70. The van der Waals surface area contributed by atoms with Crippen LogP contribution >= 0.6 is 0 Å². The average Bonchev–Trinajstić information content (AvgIpc) is 2.92. The van der Waals surface area contributed by atoms with Gasteiger partial charge in [-0.3, -0.25) is 9.25 Å². The number of nitrogen functional groups attached to an aromatic ring is 1. The molecule has 0 saturated heterocycles. The van der Waals surface area contributed by atoms with Gasteiger partial charge >= 0.3 is 0 Å². The summed E-state index contributed by atoms with van der Waals surface area (Å²) in [5.74, 6) is 0.501. The summed E-state index contributed by atoms with van der Waals surface area (Å²) in [5, 5.41) is 4.26. The number of aromatic nitrogens is 5. The van der Waals surface area contributed by atoms with Crippen molar-refractivity contribution < 1.29 is 0 Å². The number of hydrogen-bond acceptors (Lipinski definition) is 4. The van der Waals surface area contributed by atoms with Crippen LogP contribution in [0, 0.1) is 13.8 Å². The van der Waals surface area contributed by atoms with E-state index in [9.17, 15) is 0 Å². The molecule has 3 aromatic heterocycles. The van der Waals surface area contributed by atoms with Crippen LogP contribution in [-0.2, 0) is 13.1 Å². The van der Waals surface area contributed by atoms with Crippen molar-refractivity contribution in [2.75, 3.05) is 5.73 Å². The Labute approximate surface area is 110 Å². The summed E-state index contributed by atoms with van der Waals surface area (Å²) < 4.78 is 3.83. The number of aryl methyl sites for hydroxylation is 4.